The Hall–Kier alpha value is -3.32. The number of carbonyl (C=O) groups is 1. The minimum atomic E-state index is -0.134. The summed E-state index contributed by atoms with van der Waals surface area (Å²) in [6, 6.07) is 14.6. The third kappa shape index (κ3) is 4.59. The van der Waals surface area contributed by atoms with Crippen molar-refractivity contribution in [1.82, 2.24) is 10.3 Å². The summed E-state index contributed by atoms with van der Waals surface area (Å²) in [6.45, 7) is 7.67. The minimum Gasteiger partial charge on any atom is -0.467 e. The Kier molecular flexibility index (Phi) is 6.05. The lowest BCUT2D eigenvalue weighted by atomic mass is 10.1. The largest absolute Gasteiger partial charge is 0.467 e. The summed E-state index contributed by atoms with van der Waals surface area (Å²) in [5, 5.41) is 3.01. The highest BCUT2D eigenvalue weighted by atomic mass is 16.5. The summed E-state index contributed by atoms with van der Waals surface area (Å²) in [4.78, 5) is 22.0. The second-order valence-corrected chi connectivity index (χ2v) is 8.90. The van der Waals surface area contributed by atoms with Gasteiger partial charge < -0.3 is 24.3 Å². The van der Waals surface area contributed by atoms with Gasteiger partial charge in [0.2, 0.25) is 0 Å². The van der Waals surface area contributed by atoms with Crippen molar-refractivity contribution in [3.05, 3.63) is 77.4 Å². The maximum absolute atomic E-state index is 12.9. The number of pyridine rings is 1. The summed E-state index contributed by atoms with van der Waals surface area (Å²) in [5.41, 5.74) is 4.10. The van der Waals surface area contributed by atoms with Crippen LogP contribution < -0.4 is 15.1 Å². The Morgan fingerprint density at radius 1 is 1.18 bits per heavy atom. The number of hydrogen-bond acceptors (Lipinski definition) is 6. The molecule has 1 saturated heterocycles. The lowest BCUT2D eigenvalue weighted by molar-refractivity contribution is 0.0529. The zero-order chi connectivity index (χ0) is 22.8. The molecule has 2 unspecified atom stereocenters. The Morgan fingerprint density at radius 3 is 2.88 bits per heavy atom. The molecule has 0 radical (unpaired) electrons. The van der Waals surface area contributed by atoms with E-state index in [4.69, 9.17) is 9.15 Å². The molecule has 0 bridgehead atoms. The zero-order valence-corrected chi connectivity index (χ0v) is 19.2. The maximum Gasteiger partial charge on any atom is 0.255 e. The van der Waals surface area contributed by atoms with Crippen molar-refractivity contribution in [2.75, 3.05) is 29.5 Å². The topological polar surface area (TPSA) is 70.8 Å². The fourth-order valence-electron chi connectivity index (χ4n) is 4.70. The average molecular weight is 447 g/mol. The molecular formula is C26H30N4O3. The van der Waals surface area contributed by atoms with Gasteiger partial charge in [-0.25, -0.2) is 4.98 Å². The number of para-hydroxylation sites is 1. The number of anilines is 2. The molecule has 2 aliphatic rings. The number of benzene rings is 1. The van der Waals surface area contributed by atoms with Crippen LogP contribution in [0.2, 0.25) is 0 Å². The number of amides is 1. The van der Waals surface area contributed by atoms with Crippen molar-refractivity contribution >= 4 is 17.4 Å². The molecule has 3 aromatic rings. The molecule has 0 spiro atoms. The number of carbonyl (C=O) groups excluding carboxylic acids is 1. The number of ether oxygens (including phenoxy) is 1. The van der Waals surface area contributed by atoms with Crippen LogP contribution >= 0.6 is 0 Å². The molecule has 1 aromatic carbocycles. The Bertz CT molecular complexity index is 1110. The highest BCUT2D eigenvalue weighted by molar-refractivity contribution is 5.95. The molecule has 0 aliphatic carbocycles. The fraction of sp³-hybridized carbons (Fsp3) is 0.385. The van der Waals surface area contributed by atoms with Gasteiger partial charge in [0.15, 0.2) is 0 Å². The molecule has 5 rings (SSSR count). The van der Waals surface area contributed by atoms with Gasteiger partial charge in [-0.2, -0.15) is 0 Å². The van der Waals surface area contributed by atoms with E-state index >= 15 is 0 Å². The number of nitrogens with zero attached hydrogens (tertiary/aromatic N) is 3. The van der Waals surface area contributed by atoms with Gasteiger partial charge in [-0.05, 0) is 49.6 Å². The van der Waals surface area contributed by atoms with Crippen molar-refractivity contribution in [1.29, 1.82) is 0 Å². The smallest absolute Gasteiger partial charge is 0.255 e. The molecule has 172 valence electrons. The summed E-state index contributed by atoms with van der Waals surface area (Å²) in [7, 11) is 0. The van der Waals surface area contributed by atoms with E-state index in [-0.39, 0.29) is 12.0 Å². The van der Waals surface area contributed by atoms with Crippen LogP contribution in [0.3, 0.4) is 0 Å². The van der Waals surface area contributed by atoms with E-state index in [1.807, 2.05) is 18.3 Å². The second-order valence-electron chi connectivity index (χ2n) is 8.90. The van der Waals surface area contributed by atoms with Crippen molar-refractivity contribution in [3.63, 3.8) is 0 Å². The van der Waals surface area contributed by atoms with Gasteiger partial charge in [-0.15, -0.1) is 0 Å². The third-order valence-electron chi connectivity index (χ3n) is 6.48. The van der Waals surface area contributed by atoms with Crippen LogP contribution in [0, 0.1) is 0 Å². The van der Waals surface area contributed by atoms with Crippen molar-refractivity contribution < 1.29 is 13.9 Å². The predicted molar refractivity (Wildman–Crippen MR) is 128 cm³/mol. The van der Waals surface area contributed by atoms with E-state index in [9.17, 15) is 4.79 Å². The van der Waals surface area contributed by atoms with Crippen LogP contribution in [0.1, 0.15) is 41.1 Å². The molecule has 1 fully saturated rings. The van der Waals surface area contributed by atoms with Crippen molar-refractivity contribution in [3.8, 4) is 0 Å². The predicted octanol–water partition coefficient (Wildman–Crippen LogP) is 3.78. The monoisotopic (exact) mass is 446 g/mol. The second kappa shape index (κ2) is 9.27. The van der Waals surface area contributed by atoms with Crippen LogP contribution in [0.4, 0.5) is 11.5 Å². The normalized spacial score (nSPS) is 20.1. The Labute approximate surface area is 194 Å². The molecule has 1 amide bonds. The number of furan rings is 1. The van der Waals surface area contributed by atoms with E-state index in [0.717, 1.165) is 37.5 Å². The number of rotatable bonds is 6. The molecule has 7 nitrogen and oxygen atoms in total. The Balaban J connectivity index is 1.21. The van der Waals surface area contributed by atoms with E-state index in [2.05, 4.69) is 58.2 Å². The minimum absolute atomic E-state index is 0.134. The quantitative estimate of drug-likeness (QED) is 0.621. The molecule has 2 aliphatic heterocycles. The average Bonchev–Trinajstić information content (AvgIpc) is 3.42. The molecule has 33 heavy (non-hydrogen) atoms. The third-order valence-corrected chi connectivity index (χ3v) is 6.48. The van der Waals surface area contributed by atoms with Gasteiger partial charge >= 0.3 is 0 Å². The number of nitrogens with one attached hydrogen (secondary N) is 1. The number of morpholine rings is 1. The molecule has 2 atom stereocenters. The van der Waals surface area contributed by atoms with Crippen molar-refractivity contribution in [2.45, 2.75) is 45.5 Å². The van der Waals surface area contributed by atoms with E-state index in [1.54, 1.807) is 12.3 Å². The lowest BCUT2D eigenvalue weighted by Crippen LogP contribution is -2.41. The van der Waals surface area contributed by atoms with Gasteiger partial charge in [0.1, 0.15) is 11.6 Å². The molecule has 0 saturated carbocycles. The highest BCUT2D eigenvalue weighted by Gasteiger charge is 2.28. The van der Waals surface area contributed by atoms with Gasteiger partial charge in [0.25, 0.3) is 5.91 Å². The number of hydrogen-bond donors (Lipinski definition) is 1. The van der Waals surface area contributed by atoms with Crippen LogP contribution in [0.15, 0.2) is 59.3 Å². The van der Waals surface area contributed by atoms with Gasteiger partial charge in [-0.3, -0.25) is 4.79 Å². The number of aromatic nitrogens is 1. The van der Waals surface area contributed by atoms with Crippen LogP contribution in [0.25, 0.3) is 0 Å². The number of fused-ring (bicyclic) bond motifs is 1. The van der Waals surface area contributed by atoms with Crippen molar-refractivity contribution in [2.24, 2.45) is 0 Å². The first kappa shape index (κ1) is 21.5. The molecule has 7 heteroatoms. The first-order chi connectivity index (χ1) is 16.1. The molecule has 4 heterocycles. The van der Waals surface area contributed by atoms with Crippen LogP contribution in [-0.2, 0) is 24.2 Å². The maximum atomic E-state index is 12.9. The molecule has 2 aromatic heterocycles. The SMILES string of the molecule is CC1CN(c2ccc(CNC(=O)c3ccoc3CN3c4ccccc4CC3C)cn2)CCO1. The fourth-order valence-corrected chi connectivity index (χ4v) is 4.70. The highest BCUT2D eigenvalue weighted by Crippen LogP contribution is 2.33. The van der Waals surface area contributed by atoms with Gasteiger partial charge in [0.05, 0.1) is 31.1 Å². The summed E-state index contributed by atoms with van der Waals surface area (Å²) < 4.78 is 11.3. The summed E-state index contributed by atoms with van der Waals surface area (Å²) in [5.74, 6) is 1.49. The Morgan fingerprint density at radius 2 is 2.06 bits per heavy atom. The van der Waals surface area contributed by atoms with Gasteiger partial charge in [0, 0.05) is 37.6 Å². The molecule has 1 N–H and O–H groups in total. The lowest BCUT2D eigenvalue weighted by Gasteiger charge is -2.32. The van der Waals surface area contributed by atoms with Crippen LogP contribution in [-0.4, -0.2) is 42.7 Å². The van der Waals surface area contributed by atoms with E-state index in [0.29, 0.717) is 30.5 Å². The van der Waals surface area contributed by atoms with Gasteiger partial charge in [-0.1, -0.05) is 24.3 Å². The van der Waals surface area contributed by atoms with Crippen LogP contribution in [0.5, 0.6) is 0 Å². The zero-order valence-electron chi connectivity index (χ0n) is 19.2. The van der Waals surface area contributed by atoms with E-state index in [1.165, 1.54) is 11.3 Å². The first-order valence-electron chi connectivity index (χ1n) is 11.6. The standard InChI is InChI=1S/C26H30N4O3/c1-18-13-21-5-3-4-6-23(21)30(18)17-24-22(9-11-33-24)26(31)28-15-20-7-8-25(27-14-20)29-10-12-32-19(2)16-29/h3-9,11,14,18-19H,10,12-13,15-17H2,1-2H3,(H,28,31). The molecular weight excluding hydrogens is 416 g/mol. The van der Waals surface area contributed by atoms with E-state index < -0.39 is 0 Å². The summed E-state index contributed by atoms with van der Waals surface area (Å²) >= 11 is 0. The summed E-state index contributed by atoms with van der Waals surface area (Å²) in [6.07, 6.45) is 4.64. The first-order valence-corrected chi connectivity index (χ1v) is 11.6.